The number of benzene rings is 1. The average molecular weight is 273 g/mol. The first-order valence-corrected chi connectivity index (χ1v) is 5.32. The van der Waals surface area contributed by atoms with Crippen LogP contribution in [0, 0.1) is 10.1 Å². The van der Waals surface area contributed by atoms with Crippen molar-refractivity contribution in [2.75, 3.05) is 18.2 Å². The van der Waals surface area contributed by atoms with Gasteiger partial charge in [0.05, 0.1) is 11.5 Å². The van der Waals surface area contributed by atoms with Crippen molar-refractivity contribution in [3.8, 4) is 0 Å². The Morgan fingerprint density at radius 2 is 2.33 bits per heavy atom. The van der Waals surface area contributed by atoms with Crippen LogP contribution in [0.3, 0.4) is 0 Å². The van der Waals surface area contributed by atoms with Gasteiger partial charge >= 0.3 is 0 Å². The van der Waals surface area contributed by atoms with Crippen LogP contribution in [-0.2, 0) is 4.84 Å². The molecule has 0 amide bonds. The first kappa shape index (κ1) is 10.4. The molecule has 0 atom stereocenters. The zero-order valence-electron chi connectivity index (χ0n) is 7.85. The number of anilines is 1. The number of rotatable bonds is 2. The molecule has 1 saturated heterocycles. The largest absolute Gasteiger partial charge is 0.295 e. The molecule has 0 radical (unpaired) electrons. The van der Waals surface area contributed by atoms with Crippen LogP contribution in [0.2, 0.25) is 0 Å². The summed E-state index contributed by atoms with van der Waals surface area (Å²) in [7, 11) is 0. The Balaban J connectivity index is 2.40. The lowest BCUT2D eigenvalue weighted by atomic mass is 10.2. The molecule has 5 nitrogen and oxygen atoms in total. The Kier molecular flexibility index (Phi) is 2.88. The van der Waals surface area contributed by atoms with Crippen molar-refractivity contribution >= 4 is 27.3 Å². The van der Waals surface area contributed by atoms with Gasteiger partial charge in [-0.2, -0.15) is 0 Å². The van der Waals surface area contributed by atoms with Gasteiger partial charge in [0.15, 0.2) is 0 Å². The fourth-order valence-electron chi connectivity index (χ4n) is 1.49. The third-order valence-corrected chi connectivity index (χ3v) is 2.65. The van der Waals surface area contributed by atoms with E-state index in [1.54, 1.807) is 17.2 Å². The molecule has 1 heterocycles. The minimum Gasteiger partial charge on any atom is -0.273 e. The standard InChI is InChI=1S/C9H9BrN2O3/c10-7-2-3-8(9(6-7)12(13)14)11-4-1-5-15-11/h2-3,6H,1,4-5H2. The smallest absolute Gasteiger partial charge is 0.273 e. The fourth-order valence-corrected chi connectivity index (χ4v) is 1.84. The van der Waals surface area contributed by atoms with Crippen molar-refractivity contribution in [3.05, 3.63) is 32.8 Å². The van der Waals surface area contributed by atoms with Crippen LogP contribution in [0.4, 0.5) is 11.4 Å². The van der Waals surface area contributed by atoms with E-state index < -0.39 is 4.92 Å². The molecule has 6 heteroatoms. The lowest BCUT2D eigenvalue weighted by Crippen LogP contribution is -2.17. The van der Waals surface area contributed by atoms with E-state index in [1.165, 1.54) is 6.07 Å². The Labute approximate surface area is 94.9 Å². The Morgan fingerprint density at radius 3 is 2.93 bits per heavy atom. The third-order valence-electron chi connectivity index (χ3n) is 2.16. The molecule has 80 valence electrons. The summed E-state index contributed by atoms with van der Waals surface area (Å²) in [4.78, 5) is 15.7. The Morgan fingerprint density at radius 1 is 1.53 bits per heavy atom. The normalized spacial score (nSPS) is 15.7. The van der Waals surface area contributed by atoms with E-state index in [1.807, 2.05) is 0 Å². The molecule has 1 aliphatic heterocycles. The van der Waals surface area contributed by atoms with Gasteiger partial charge in [-0.05, 0) is 18.6 Å². The van der Waals surface area contributed by atoms with Gasteiger partial charge in [-0.25, -0.2) is 5.06 Å². The predicted octanol–water partition coefficient (Wildman–Crippen LogP) is 2.50. The van der Waals surface area contributed by atoms with E-state index in [0.29, 0.717) is 23.3 Å². The van der Waals surface area contributed by atoms with Gasteiger partial charge in [0, 0.05) is 17.1 Å². The van der Waals surface area contributed by atoms with Crippen LogP contribution in [0.15, 0.2) is 22.7 Å². The molecule has 0 unspecified atom stereocenters. The van der Waals surface area contributed by atoms with E-state index in [4.69, 9.17) is 4.84 Å². The molecule has 0 aromatic heterocycles. The highest BCUT2D eigenvalue weighted by atomic mass is 79.9. The summed E-state index contributed by atoms with van der Waals surface area (Å²) in [5, 5.41) is 12.4. The van der Waals surface area contributed by atoms with E-state index in [-0.39, 0.29) is 5.69 Å². The van der Waals surface area contributed by atoms with Gasteiger partial charge in [0.25, 0.3) is 5.69 Å². The van der Waals surface area contributed by atoms with Crippen molar-refractivity contribution in [2.24, 2.45) is 0 Å². The van der Waals surface area contributed by atoms with Gasteiger partial charge < -0.3 is 0 Å². The molecule has 0 bridgehead atoms. The van der Waals surface area contributed by atoms with Crippen molar-refractivity contribution in [1.82, 2.24) is 0 Å². The summed E-state index contributed by atoms with van der Waals surface area (Å²) in [5.41, 5.74) is 0.576. The number of hydrogen-bond acceptors (Lipinski definition) is 4. The molecule has 1 aromatic carbocycles. The van der Waals surface area contributed by atoms with Crippen LogP contribution >= 0.6 is 15.9 Å². The van der Waals surface area contributed by atoms with E-state index in [0.717, 1.165) is 6.42 Å². The summed E-state index contributed by atoms with van der Waals surface area (Å²) < 4.78 is 0.692. The van der Waals surface area contributed by atoms with E-state index in [9.17, 15) is 10.1 Å². The molecular weight excluding hydrogens is 264 g/mol. The fraction of sp³-hybridized carbons (Fsp3) is 0.333. The summed E-state index contributed by atoms with van der Waals surface area (Å²) in [6, 6.07) is 4.94. The number of hydroxylamine groups is 1. The lowest BCUT2D eigenvalue weighted by molar-refractivity contribution is -0.384. The number of nitro groups is 1. The summed E-state index contributed by atoms with van der Waals surface area (Å²) in [5.74, 6) is 0. The highest BCUT2D eigenvalue weighted by molar-refractivity contribution is 9.10. The zero-order chi connectivity index (χ0) is 10.8. The number of hydrogen-bond donors (Lipinski definition) is 0. The highest BCUT2D eigenvalue weighted by Gasteiger charge is 2.23. The maximum absolute atomic E-state index is 10.8. The van der Waals surface area contributed by atoms with Crippen LogP contribution in [0.1, 0.15) is 6.42 Å². The molecule has 2 rings (SSSR count). The molecule has 15 heavy (non-hydrogen) atoms. The Hall–Kier alpha value is -1.14. The van der Waals surface area contributed by atoms with Crippen LogP contribution < -0.4 is 5.06 Å². The molecule has 0 saturated carbocycles. The predicted molar refractivity (Wildman–Crippen MR) is 58.7 cm³/mol. The van der Waals surface area contributed by atoms with Crippen molar-refractivity contribution < 1.29 is 9.76 Å². The molecule has 0 spiro atoms. The van der Waals surface area contributed by atoms with E-state index in [2.05, 4.69) is 15.9 Å². The molecular formula is C9H9BrN2O3. The minimum atomic E-state index is -0.401. The second-order valence-corrected chi connectivity index (χ2v) is 4.09. The van der Waals surface area contributed by atoms with E-state index >= 15 is 0 Å². The summed E-state index contributed by atoms with van der Waals surface area (Å²) in [6.45, 7) is 1.32. The highest BCUT2D eigenvalue weighted by Crippen LogP contribution is 2.32. The van der Waals surface area contributed by atoms with Crippen LogP contribution in [0.25, 0.3) is 0 Å². The van der Waals surface area contributed by atoms with Gasteiger partial charge in [-0.15, -0.1) is 0 Å². The SMILES string of the molecule is O=[N+]([O-])c1cc(Br)ccc1N1CCCO1. The lowest BCUT2D eigenvalue weighted by Gasteiger charge is -2.15. The summed E-state index contributed by atoms with van der Waals surface area (Å²) in [6.07, 6.45) is 0.896. The Bertz CT molecular complexity index is 391. The minimum absolute atomic E-state index is 0.0614. The molecule has 0 N–H and O–H groups in total. The van der Waals surface area contributed by atoms with Gasteiger partial charge in [-0.3, -0.25) is 15.0 Å². The van der Waals surface area contributed by atoms with Crippen molar-refractivity contribution in [1.29, 1.82) is 0 Å². The second kappa shape index (κ2) is 4.16. The molecule has 1 aromatic rings. The van der Waals surface area contributed by atoms with Crippen molar-refractivity contribution in [2.45, 2.75) is 6.42 Å². The average Bonchev–Trinajstić information content (AvgIpc) is 2.70. The van der Waals surface area contributed by atoms with Crippen molar-refractivity contribution in [3.63, 3.8) is 0 Å². The summed E-state index contributed by atoms with van der Waals surface area (Å²) >= 11 is 3.21. The van der Waals surface area contributed by atoms with Crippen LogP contribution in [0.5, 0.6) is 0 Å². The second-order valence-electron chi connectivity index (χ2n) is 3.18. The van der Waals surface area contributed by atoms with Gasteiger partial charge in [-0.1, -0.05) is 15.9 Å². The number of nitrogens with zero attached hydrogens (tertiary/aromatic N) is 2. The van der Waals surface area contributed by atoms with Gasteiger partial charge in [0.2, 0.25) is 0 Å². The first-order valence-electron chi connectivity index (χ1n) is 4.53. The maximum atomic E-state index is 10.8. The zero-order valence-corrected chi connectivity index (χ0v) is 9.44. The maximum Gasteiger partial charge on any atom is 0.295 e. The number of halogens is 1. The van der Waals surface area contributed by atoms with Gasteiger partial charge in [0.1, 0.15) is 5.69 Å². The van der Waals surface area contributed by atoms with Crippen LogP contribution in [-0.4, -0.2) is 18.1 Å². The molecule has 0 aliphatic carbocycles. The third kappa shape index (κ3) is 2.10. The quantitative estimate of drug-likeness (QED) is 0.613. The first-order chi connectivity index (χ1) is 7.18. The number of nitro benzene ring substituents is 1. The topological polar surface area (TPSA) is 55.6 Å². The monoisotopic (exact) mass is 272 g/mol. The molecule has 1 fully saturated rings. The molecule has 1 aliphatic rings.